The summed E-state index contributed by atoms with van der Waals surface area (Å²) in [7, 11) is 0. The van der Waals surface area contributed by atoms with Gasteiger partial charge in [0.2, 0.25) is 5.91 Å². The van der Waals surface area contributed by atoms with Crippen molar-refractivity contribution in [3.63, 3.8) is 0 Å². The molecule has 0 radical (unpaired) electrons. The zero-order chi connectivity index (χ0) is 19.4. The Labute approximate surface area is 161 Å². The van der Waals surface area contributed by atoms with E-state index in [2.05, 4.69) is 4.98 Å². The minimum Gasteiger partial charge on any atom is -0.477 e. The van der Waals surface area contributed by atoms with Crippen molar-refractivity contribution < 1.29 is 19.5 Å². The van der Waals surface area contributed by atoms with Crippen LogP contribution in [0.5, 0.6) is 0 Å². The first-order chi connectivity index (χ1) is 13.0. The Kier molecular flexibility index (Phi) is 5.71. The largest absolute Gasteiger partial charge is 0.477 e. The summed E-state index contributed by atoms with van der Waals surface area (Å²) in [5.74, 6) is -1.39. The van der Waals surface area contributed by atoms with Crippen molar-refractivity contribution in [3.05, 3.63) is 64.4 Å². The second-order valence-electron chi connectivity index (χ2n) is 6.18. The number of aromatic nitrogens is 1. The van der Waals surface area contributed by atoms with Crippen LogP contribution < -0.4 is 0 Å². The van der Waals surface area contributed by atoms with Crippen LogP contribution in [0.2, 0.25) is 5.02 Å². The van der Waals surface area contributed by atoms with E-state index in [1.165, 1.54) is 18.3 Å². The van der Waals surface area contributed by atoms with E-state index in [4.69, 9.17) is 16.7 Å². The summed E-state index contributed by atoms with van der Waals surface area (Å²) in [6, 6.07) is 10.00. The van der Waals surface area contributed by atoms with Gasteiger partial charge in [0.15, 0.2) is 0 Å². The number of hydrogen-bond acceptors (Lipinski definition) is 4. The molecular weight excluding hydrogens is 370 g/mol. The van der Waals surface area contributed by atoms with Crippen molar-refractivity contribution in [2.75, 3.05) is 26.2 Å². The van der Waals surface area contributed by atoms with E-state index in [0.717, 1.165) is 5.56 Å². The van der Waals surface area contributed by atoms with Gasteiger partial charge in [-0.05, 0) is 23.8 Å². The molecule has 3 rings (SSSR count). The smallest absolute Gasteiger partial charge is 0.354 e. The number of carbonyl (C=O) groups is 3. The number of amides is 2. The molecule has 0 aliphatic carbocycles. The predicted octanol–water partition coefficient (Wildman–Crippen LogP) is 1.96. The maximum absolute atomic E-state index is 12.5. The van der Waals surface area contributed by atoms with Gasteiger partial charge in [0.05, 0.1) is 12.0 Å². The fourth-order valence-electron chi connectivity index (χ4n) is 2.90. The van der Waals surface area contributed by atoms with Crippen molar-refractivity contribution >= 4 is 29.4 Å². The summed E-state index contributed by atoms with van der Waals surface area (Å²) in [4.78, 5) is 42.9. The Balaban J connectivity index is 1.56. The van der Waals surface area contributed by atoms with Gasteiger partial charge in [-0.2, -0.15) is 0 Å². The average molecular weight is 388 g/mol. The van der Waals surface area contributed by atoms with Crippen molar-refractivity contribution in [1.29, 1.82) is 0 Å². The van der Waals surface area contributed by atoms with Crippen molar-refractivity contribution in [3.8, 4) is 0 Å². The molecule has 0 spiro atoms. The normalized spacial score (nSPS) is 14.1. The quantitative estimate of drug-likeness (QED) is 0.866. The molecule has 2 heterocycles. The number of aromatic carboxylic acids is 1. The molecule has 1 aliphatic heterocycles. The molecule has 2 amide bonds. The van der Waals surface area contributed by atoms with Crippen LogP contribution in [0, 0.1) is 0 Å². The predicted molar refractivity (Wildman–Crippen MR) is 98.8 cm³/mol. The number of piperazine rings is 1. The standard InChI is InChI=1S/C19H18ClN3O4/c20-15-4-2-1-3-13(15)11-17(24)22-7-9-23(10-8-22)18(25)14-5-6-16(19(26)27)21-12-14/h1-6,12H,7-11H2,(H,26,27). The fraction of sp³-hybridized carbons (Fsp3) is 0.263. The van der Waals surface area contributed by atoms with Gasteiger partial charge in [0, 0.05) is 37.4 Å². The van der Waals surface area contributed by atoms with Gasteiger partial charge in [-0.3, -0.25) is 9.59 Å². The van der Waals surface area contributed by atoms with Crippen molar-refractivity contribution in [2.45, 2.75) is 6.42 Å². The molecule has 1 aliphatic rings. The molecule has 1 aromatic carbocycles. The summed E-state index contributed by atoms with van der Waals surface area (Å²) in [6.45, 7) is 1.70. The zero-order valence-corrected chi connectivity index (χ0v) is 15.2. The van der Waals surface area contributed by atoms with E-state index < -0.39 is 5.97 Å². The van der Waals surface area contributed by atoms with E-state index in [1.54, 1.807) is 15.9 Å². The SMILES string of the molecule is O=C(O)c1ccc(C(=O)N2CCN(C(=O)Cc3ccccc3Cl)CC2)cn1. The first-order valence-corrected chi connectivity index (χ1v) is 8.83. The average Bonchev–Trinajstić information content (AvgIpc) is 2.69. The van der Waals surface area contributed by atoms with Crippen LogP contribution in [0.1, 0.15) is 26.4 Å². The molecule has 140 valence electrons. The Morgan fingerprint density at radius 2 is 1.67 bits per heavy atom. The van der Waals surface area contributed by atoms with Crippen LogP contribution in [0.25, 0.3) is 0 Å². The molecule has 0 bridgehead atoms. The highest BCUT2D eigenvalue weighted by Gasteiger charge is 2.25. The Bertz CT molecular complexity index is 862. The first kappa shape index (κ1) is 18.8. The molecule has 2 aromatic rings. The van der Waals surface area contributed by atoms with Gasteiger partial charge in [0.25, 0.3) is 5.91 Å². The molecule has 1 saturated heterocycles. The lowest BCUT2D eigenvalue weighted by Crippen LogP contribution is -2.51. The topological polar surface area (TPSA) is 90.8 Å². The maximum atomic E-state index is 12.5. The number of rotatable bonds is 4. The highest BCUT2D eigenvalue weighted by Crippen LogP contribution is 2.17. The monoisotopic (exact) mass is 387 g/mol. The summed E-state index contributed by atoms with van der Waals surface area (Å²) >= 11 is 6.10. The molecular formula is C19H18ClN3O4. The molecule has 1 aromatic heterocycles. The van der Waals surface area contributed by atoms with E-state index in [1.807, 2.05) is 18.2 Å². The van der Waals surface area contributed by atoms with Gasteiger partial charge in [-0.25, -0.2) is 9.78 Å². The second-order valence-corrected chi connectivity index (χ2v) is 6.59. The highest BCUT2D eigenvalue weighted by atomic mass is 35.5. The minimum atomic E-state index is -1.14. The van der Waals surface area contributed by atoms with Gasteiger partial charge in [0.1, 0.15) is 5.69 Å². The third-order valence-electron chi connectivity index (χ3n) is 4.45. The van der Waals surface area contributed by atoms with Crippen LogP contribution in [-0.2, 0) is 11.2 Å². The number of halogens is 1. The molecule has 0 saturated carbocycles. The van der Waals surface area contributed by atoms with E-state index in [9.17, 15) is 14.4 Å². The third kappa shape index (κ3) is 4.43. The minimum absolute atomic E-state index is 0.0253. The summed E-state index contributed by atoms with van der Waals surface area (Å²) < 4.78 is 0. The number of benzene rings is 1. The molecule has 27 heavy (non-hydrogen) atoms. The van der Waals surface area contributed by atoms with Crippen molar-refractivity contribution in [2.24, 2.45) is 0 Å². The van der Waals surface area contributed by atoms with Crippen LogP contribution in [-0.4, -0.2) is 63.9 Å². The van der Waals surface area contributed by atoms with Crippen LogP contribution in [0.4, 0.5) is 0 Å². The number of carboxylic acid groups (broad SMARTS) is 1. The number of carbonyl (C=O) groups excluding carboxylic acids is 2. The van der Waals surface area contributed by atoms with Crippen molar-refractivity contribution in [1.82, 2.24) is 14.8 Å². The second kappa shape index (κ2) is 8.18. The number of carboxylic acids is 1. The van der Waals surface area contributed by atoms with Gasteiger partial charge in [-0.15, -0.1) is 0 Å². The first-order valence-electron chi connectivity index (χ1n) is 8.45. The molecule has 7 nitrogen and oxygen atoms in total. The molecule has 0 unspecified atom stereocenters. The zero-order valence-electron chi connectivity index (χ0n) is 14.5. The van der Waals surface area contributed by atoms with Crippen LogP contribution >= 0.6 is 11.6 Å². The number of hydrogen-bond donors (Lipinski definition) is 1. The fourth-order valence-corrected chi connectivity index (χ4v) is 3.11. The van der Waals surface area contributed by atoms with Gasteiger partial charge < -0.3 is 14.9 Å². The molecule has 1 fully saturated rings. The molecule has 1 N–H and O–H groups in total. The molecule has 0 atom stereocenters. The Morgan fingerprint density at radius 1 is 1.00 bits per heavy atom. The number of pyridine rings is 1. The third-order valence-corrected chi connectivity index (χ3v) is 4.82. The Morgan fingerprint density at radius 3 is 2.26 bits per heavy atom. The van der Waals surface area contributed by atoms with Crippen LogP contribution in [0.15, 0.2) is 42.6 Å². The molecule has 8 heteroatoms. The number of nitrogens with zero attached hydrogens (tertiary/aromatic N) is 3. The van der Waals surface area contributed by atoms with Gasteiger partial charge in [-0.1, -0.05) is 29.8 Å². The summed E-state index contributed by atoms with van der Waals surface area (Å²) in [5, 5.41) is 9.43. The Hall–Kier alpha value is -2.93. The van der Waals surface area contributed by atoms with E-state index in [-0.39, 0.29) is 23.9 Å². The van der Waals surface area contributed by atoms with E-state index >= 15 is 0 Å². The lowest BCUT2D eigenvalue weighted by Gasteiger charge is -2.35. The summed E-state index contributed by atoms with van der Waals surface area (Å²) in [5.41, 5.74) is 1.00. The van der Waals surface area contributed by atoms with E-state index in [0.29, 0.717) is 36.8 Å². The van der Waals surface area contributed by atoms with Crippen LogP contribution in [0.3, 0.4) is 0 Å². The maximum Gasteiger partial charge on any atom is 0.354 e. The highest BCUT2D eigenvalue weighted by molar-refractivity contribution is 6.31. The summed E-state index contributed by atoms with van der Waals surface area (Å²) in [6.07, 6.45) is 1.49. The lowest BCUT2D eigenvalue weighted by atomic mass is 10.1. The van der Waals surface area contributed by atoms with Gasteiger partial charge >= 0.3 is 5.97 Å². The lowest BCUT2D eigenvalue weighted by molar-refractivity contribution is -0.131.